The lowest BCUT2D eigenvalue weighted by atomic mass is 9.81. The van der Waals surface area contributed by atoms with Gasteiger partial charge in [-0.25, -0.2) is 0 Å². The van der Waals surface area contributed by atoms with Crippen LogP contribution in [0.2, 0.25) is 0 Å². The number of carbonyl (C=O) groups excluding carboxylic acids is 2. The van der Waals surface area contributed by atoms with Crippen LogP contribution >= 0.6 is 0 Å². The first-order chi connectivity index (χ1) is 17.9. The van der Waals surface area contributed by atoms with Crippen LogP contribution in [0.5, 0.6) is 17.2 Å². The number of aromatic nitrogens is 1. The van der Waals surface area contributed by atoms with E-state index in [2.05, 4.69) is 4.98 Å². The zero-order valence-electron chi connectivity index (χ0n) is 20.6. The van der Waals surface area contributed by atoms with Gasteiger partial charge in [0.05, 0.1) is 21.3 Å². The lowest BCUT2D eigenvalue weighted by Crippen LogP contribution is -2.49. The van der Waals surface area contributed by atoms with E-state index >= 15 is 0 Å². The van der Waals surface area contributed by atoms with Crippen LogP contribution in [0.1, 0.15) is 21.5 Å². The number of fused-ring (bicyclic) bond motifs is 1. The van der Waals surface area contributed by atoms with E-state index in [0.717, 1.165) is 11.1 Å². The first-order valence-corrected chi connectivity index (χ1v) is 11.6. The Hall–Kier alpha value is -4.72. The number of benzene rings is 3. The standard InChI is InChI=1S/C29H26N2O6/c1-35-20-8-6-7-18(13-20)17-31-28(34)24(32)15-29(31,19-11-12-25(36-2)26(14-19)37-3)27(33)22-16-30-23-10-5-4-9-21(22)23/h4-16,30,32H,17H2,1-3H3. The van der Waals surface area contributed by atoms with E-state index in [4.69, 9.17) is 14.2 Å². The second kappa shape index (κ2) is 9.39. The monoisotopic (exact) mass is 498 g/mol. The number of hydrogen-bond donors (Lipinski definition) is 2. The quantitative estimate of drug-likeness (QED) is 0.340. The minimum atomic E-state index is -1.66. The summed E-state index contributed by atoms with van der Waals surface area (Å²) < 4.78 is 16.3. The van der Waals surface area contributed by atoms with Gasteiger partial charge in [0.1, 0.15) is 5.75 Å². The van der Waals surface area contributed by atoms with Crippen molar-refractivity contribution in [3.63, 3.8) is 0 Å². The van der Waals surface area contributed by atoms with E-state index in [1.165, 1.54) is 25.2 Å². The van der Waals surface area contributed by atoms with E-state index < -0.39 is 17.2 Å². The van der Waals surface area contributed by atoms with Gasteiger partial charge in [-0.2, -0.15) is 0 Å². The number of hydrogen-bond acceptors (Lipinski definition) is 6. The van der Waals surface area contributed by atoms with Crippen molar-refractivity contribution in [2.75, 3.05) is 21.3 Å². The zero-order valence-corrected chi connectivity index (χ0v) is 20.6. The molecule has 1 aliphatic heterocycles. The minimum absolute atomic E-state index is 0.0407. The normalized spacial score (nSPS) is 17.1. The van der Waals surface area contributed by atoms with Crippen molar-refractivity contribution in [3.8, 4) is 17.2 Å². The molecule has 0 bridgehead atoms. The molecule has 1 atom stereocenters. The second-order valence-electron chi connectivity index (χ2n) is 8.69. The molecule has 0 saturated carbocycles. The molecule has 1 unspecified atom stereocenters. The highest BCUT2D eigenvalue weighted by Gasteiger charge is 2.53. The molecule has 2 N–H and O–H groups in total. The van der Waals surface area contributed by atoms with Gasteiger partial charge in [-0.15, -0.1) is 0 Å². The zero-order chi connectivity index (χ0) is 26.2. The lowest BCUT2D eigenvalue weighted by Gasteiger charge is -2.37. The molecule has 4 aromatic rings. The van der Waals surface area contributed by atoms with Crippen LogP contribution in [0.3, 0.4) is 0 Å². The number of amides is 1. The summed E-state index contributed by atoms with van der Waals surface area (Å²) in [6.07, 6.45) is 2.95. The number of aliphatic hydroxyl groups excluding tert-OH is 1. The smallest absolute Gasteiger partial charge is 0.290 e. The van der Waals surface area contributed by atoms with Gasteiger partial charge in [0.2, 0.25) is 0 Å². The first kappa shape index (κ1) is 24.0. The number of para-hydroxylation sites is 1. The van der Waals surface area contributed by atoms with Crippen molar-refractivity contribution in [1.29, 1.82) is 0 Å². The van der Waals surface area contributed by atoms with E-state index in [-0.39, 0.29) is 12.3 Å². The molecule has 8 nitrogen and oxygen atoms in total. The third-order valence-electron chi connectivity index (χ3n) is 6.71. The van der Waals surface area contributed by atoms with E-state index in [1.54, 1.807) is 43.6 Å². The summed E-state index contributed by atoms with van der Waals surface area (Å²) in [5.41, 5.74) is 0.687. The largest absolute Gasteiger partial charge is 0.503 e. The lowest BCUT2D eigenvalue weighted by molar-refractivity contribution is -0.131. The third kappa shape index (κ3) is 3.87. The number of carbonyl (C=O) groups is 2. The second-order valence-corrected chi connectivity index (χ2v) is 8.69. The highest BCUT2D eigenvalue weighted by molar-refractivity contribution is 6.17. The van der Waals surface area contributed by atoms with Gasteiger partial charge in [-0.05, 0) is 41.5 Å². The average Bonchev–Trinajstić information content (AvgIpc) is 3.47. The number of ether oxygens (including phenoxy) is 3. The molecule has 5 rings (SSSR count). The number of nitrogens with one attached hydrogen (secondary N) is 1. The molecule has 2 heterocycles. The summed E-state index contributed by atoms with van der Waals surface area (Å²) in [6, 6.07) is 19.7. The van der Waals surface area contributed by atoms with Crippen molar-refractivity contribution in [2.24, 2.45) is 0 Å². The maximum Gasteiger partial charge on any atom is 0.290 e. The topological polar surface area (TPSA) is 101 Å². The number of rotatable bonds is 8. The SMILES string of the molecule is COc1cccc(CN2C(=O)C(O)=CC2(C(=O)c2c[nH]c3ccccc23)c2ccc(OC)c(OC)c2)c1. The predicted molar refractivity (Wildman–Crippen MR) is 138 cm³/mol. The predicted octanol–water partition coefficient (Wildman–Crippen LogP) is 4.76. The molecule has 0 saturated heterocycles. The summed E-state index contributed by atoms with van der Waals surface area (Å²) in [5, 5.41) is 11.5. The molecule has 1 amide bonds. The van der Waals surface area contributed by atoms with Crippen LogP contribution in [0, 0.1) is 0 Å². The van der Waals surface area contributed by atoms with Crippen LogP contribution in [-0.2, 0) is 16.9 Å². The number of H-pyrrole nitrogens is 1. The number of aliphatic hydroxyl groups is 1. The third-order valence-corrected chi connectivity index (χ3v) is 6.71. The maximum atomic E-state index is 14.5. The van der Waals surface area contributed by atoms with Gasteiger partial charge in [0.15, 0.2) is 28.6 Å². The number of methoxy groups -OCH3 is 3. The molecule has 0 fully saturated rings. The molecule has 0 radical (unpaired) electrons. The fourth-order valence-corrected chi connectivity index (χ4v) is 4.88. The fraction of sp³-hybridized carbons (Fsp3) is 0.172. The Morgan fingerprint density at radius 2 is 1.73 bits per heavy atom. The Morgan fingerprint density at radius 1 is 0.946 bits per heavy atom. The molecular weight excluding hydrogens is 472 g/mol. The summed E-state index contributed by atoms with van der Waals surface area (Å²) in [6.45, 7) is 0.0407. The van der Waals surface area contributed by atoms with Crippen LogP contribution in [-0.4, -0.2) is 48.0 Å². The molecule has 3 aromatic carbocycles. The molecule has 1 aliphatic rings. The summed E-state index contributed by atoms with van der Waals surface area (Å²) >= 11 is 0. The van der Waals surface area contributed by atoms with Crippen molar-refractivity contribution < 1.29 is 28.9 Å². The van der Waals surface area contributed by atoms with Gasteiger partial charge < -0.3 is 29.2 Å². The molecule has 37 heavy (non-hydrogen) atoms. The molecule has 1 aromatic heterocycles. The van der Waals surface area contributed by atoms with Gasteiger partial charge in [0, 0.05) is 35.3 Å². The summed E-state index contributed by atoms with van der Waals surface area (Å²) in [7, 11) is 4.57. The maximum absolute atomic E-state index is 14.5. The summed E-state index contributed by atoms with van der Waals surface area (Å²) in [5.74, 6) is -0.0763. The number of ketones is 1. The Kier molecular flexibility index (Phi) is 6.09. The van der Waals surface area contributed by atoms with E-state index in [9.17, 15) is 14.7 Å². The van der Waals surface area contributed by atoms with Gasteiger partial charge >= 0.3 is 0 Å². The number of Topliss-reactive ketones (excluding diaryl/α,β-unsaturated/α-hetero) is 1. The van der Waals surface area contributed by atoms with Crippen LogP contribution in [0.25, 0.3) is 10.9 Å². The first-order valence-electron chi connectivity index (χ1n) is 11.6. The van der Waals surface area contributed by atoms with Gasteiger partial charge in [0.25, 0.3) is 5.91 Å². The Bertz CT molecular complexity index is 1540. The van der Waals surface area contributed by atoms with Crippen molar-refractivity contribution in [2.45, 2.75) is 12.1 Å². The van der Waals surface area contributed by atoms with Crippen LogP contribution in [0.4, 0.5) is 0 Å². The number of nitrogens with zero attached hydrogens (tertiary/aromatic N) is 1. The number of aromatic amines is 1. The Morgan fingerprint density at radius 3 is 2.49 bits per heavy atom. The Labute approximate surface area is 213 Å². The molecule has 188 valence electrons. The Balaban J connectivity index is 1.74. The van der Waals surface area contributed by atoms with Crippen LogP contribution in [0.15, 0.2) is 84.8 Å². The molecule has 0 spiro atoms. The minimum Gasteiger partial charge on any atom is -0.503 e. The highest BCUT2D eigenvalue weighted by atomic mass is 16.5. The molecular formula is C29H26N2O6. The van der Waals surface area contributed by atoms with Crippen molar-refractivity contribution in [1.82, 2.24) is 9.88 Å². The van der Waals surface area contributed by atoms with E-state index in [1.807, 2.05) is 36.4 Å². The van der Waals surface area contributed by atoms with Gasteiger partial charge in [-0.3, -0.25) is 9.59 Å². The average molecular weight is 499 g/mol. The highest BCUT2D eigenvalue weighted by Crippen LogP contribution is 2.44. The summed E-state index contributed by atoms with van der Waals surface area (Å²) in [4.78, 5) is 32.5. The molecule has 0 aliphatic carbocycles. The van der Waals surface area contributed by atoms with Crippen molar-refractivity contribution >= 4 is 22.6 Å². The van der Waals surface area contributed by atoms with Crippen LogP contribution < -0.4 is 14.2 Å². The molecule has 8 heteroatoms. The van der Waals surface area contributed by atoms with E-state index in [0.29, 0.717) is 33.8 Å². The fourth-order valence-electron chi connectivity index (χ4n) is 4.88. The van der Waals surface area contributed by atoms with Gasteiger partial charge in [-0.1, -0.05) is 36.4 Å². The van der Waals surface area contributed by atoms with Crippen molar-refractivity contribution in [3.05, 3.63) is 101 Å².